The molecule has 0 amide bonds. The van der Waals surface area contributed by atoms with Crippen molar-refractivity contribution in [3.63, 3.8) is 0 Å². The Bertz CT molecular complexity index is 3370. The van der Waals surface area contributed by atoms with Crippen molar-refractivity contribution in [2.24, 2.45) is 0 Å². The van der Waals surface area contributed by atoms with E-state index in [-0.39, 0.29) is 48.6 Å². The summed E-state index contributed by atoms with van der Waals surface area (Å²) in [4.78, 5) is 10.4. The number of imidazole rings is 1. The number of aromatic hydroxyl groups is 1. The van der Waals surface area contributed by atoms with E-state index < -0.39 is 6.85 Å². The van der Waals surface area contributed by atoms with Gasteiger partial charge in [0.05, 0.1) is 22.3 Å². The quantitative estimate of drug-likeness (QED) is 0.162. The Hall–Kier alpha value is -6.35. The molecule has 5 heteroatoms. The number of para-hydroxylation sites is 2. The predicted octanol–water partition coefficient (Wildman–Crippen LogP) is 16.4. The molecule has 0 spiro atoms. The zero-order chi connectivity index (χ0) is 49.2. The molecule has 4 nitrogen and oxygen atoms in total. The first-order valence-electron chi connectivity index (χ1n) is 24.4. The minimum Gasteiger partial charge on any atom is -0.507 e. The number of nitrogens with zero attached hydrogens (tertiary/aromatic N) is 3. The minimum atomic E-state index is -2.48. The van der Waals surface area contributed by atoms with E-state index in [0.29, 0.717) is 28.2 Å². The van der Waals surface area contributed by atoms with E-state index in [4.69, 9.17) is 14.1 Å². The molecule has 0 unspecified atom stereocenters. The second-order valence-electron chi connectivity index (χ2n) is 20.7. The van der Waals surface area contributed by atoms with Gasteiger partial charge < -0.3 is 5.11 Å². The maximum Gasteiger partial charge on any atom is 0.148 e. The molecule has 2 heterocycles. The first-order valence-corrected chi connectivity index (χ1v) is 22.9. The van der Waals surface area contributed by atoms with E-state index >= 15 is 0 Å². The van der Waals surface area contributed by atoms with Gasteiger partial charge in [-0.25, -0.2) is 4.98 Å². The van der Waals surface area contributed by atoms with E-state index in [1.54, 1.807) is 0 Å². The smallest absolute Gasteiger partial charge is 0.148 e. The van der Waals surface area contributed by atoms with Crippen LogP contribution >= 0.6 is 0 Å². The number of hydrogen-bond donors (Lipinski definition) is 1. The van der Waals surface area contributed by atoms with Gasteiger partial charge >= 0.3 is 0 Å². The third-order valence-corrected chi connectivity index (χ3v) is 12.7. The SMILES string of the molecule is [2H]C([2H])([2H])c1cc(-n2c(-c3cccc(C(C)(C)C)c3O)nc3c(-c4[c-]c(-c5cc(-c6ccc(C)cc6)ccn5)cc(C(C)(C)C)c4)cccc32)c(-c2ccccc2)cc1-c1ccc(C(C)(C)C)cc1.[Pt]. The molecule has 340 valence electrons. The van der Waals surface area contributed by atoms with Crippen molar-refractivity contribution < 1.29 is 30.3 Å². The summed E-state index contributed by atoms with van der Waals surface area (Å²) < 4.78 is 29.2. The molecular formula is C62H60N3OPt-. The van der Waals surface area contributed by atoms with Crippen molar-refractivity contribution in [2.45, 2.75) is 92.3 Å². The van der Waals surface area contributed by atoms with Crippen LogP contribution in [0.4, 0.5) is 0 Å². The molecule has 1 N–H and O–H groups in total. The number of aryl methyl sites for hydroxylation is 2. The van der Waals surface area contributed by atoms with Gasteiger partial charge in [0.1, 0.15) is 11.6 Å². The van der Waals surface area contributed by atoms with Crippen molar-refractivity contribution in [2.75, 3.05) is 0 Å². The summed E-state index contributed by atoms with van der Waals surface area (Å²) in [6.45, 7) is 19.0. The van der Waals surface area contributed by atoms with Gasteiger partial charge in [0.15, 0.2) is 0 Å². The maximum absolute atomic E-state index is 12.4. The molecule has 0 aliphatic carbocycles. The number of phenols is 1. The van der Waals surface area contributed by atoms with Gasteiger partial charge in [-0.3, -0.25) is 9.55 Å². The third kappa shape index (κ3) is 9.34. The molecule has 7 aromatic carbocycles. The first kappa shape index (κ1) is 43.2. The van der Waals surface area contributed by atoms with E-state index in [0.717, 1.165) is 72.4 Å². The monoisotopic (exact) mass is 1060 g/mol. The predicted molar refractivity (Wildman–Crippen MR) is 278 cm³/mol. The fraction of sp³-hybridized carbons (Fsp3) is 0.226. The molecule has 2 aromatic heterocycles. The van der Waals surface area contributed by atoms with Gasteiger partial charge in [0.25, 0.3) is 0 Å². The number of aromatic nitrogens is 3. The molecule has 0 radical (unpaired) electrons. The Labute approximate surface area is 416 Å². The Morgan fingerprint density at radius 2 is 1.19 bits per heavy atom. The van der Waals surface area contributed by atoms with Crippen molar-refractivity contribution >= 4 is 11.0 Å². The number of benzene rings is 7. The molecule has 67 heavy (non-hydrogen) atoms. The van der Waals surface area contributed by atoms with Gasteiger partial charge in [-0.15, -0.1) is 29.3 Å². The average Bonchev–Trinajstić information content (AvgIpc) is 3.70. The topological polar surface area (TPSA) is 50.9 Å². The van der Waals surface area contributed by atoms with Crippen LogP contribution in [0.1, 0.15) is 94.2 Å². The molecule has 0 saturated carbocycles. The zero-order valence-electron chi connectivity index (χ0n) is 43.1. The Morgan fingerprint density at radius 1 is 0.552 bits per heavy atom. The van der Waals surface area contributed by atoms with Crippen LogP contribution < -0.4 is 0 Å². The molecule has 0 aliphatic heterocycles. The summed E-state index contributed by atoms with van der Waals surface area (Å²) in [5.41, 5.74) is 15.1. The number of phenolic OH excluding ortho intramolecular Hbond substituents is 1. The Morgan fingerprint density at radius 3 is 1.87 bits per heavy atom. The summed E-state index contributed by atoms with van der Waals surface area (Å²) in [7, 11) is 0. The molecule has 9 aromatic rings. The van der Waals surface area contributed by atoms with Crippen molar-refractivity contribution in [3.8, 4) is 78.6 Å². The summed E-state index contributed by atoms with van der Waals surface area (Å²) in [5, 5.41) is 12.4. The van der Waals surface area contributed by atoms with Crippen LogP contribution in [0, 0.1) is 19.8 Å². The average molecular weight is 1060 g/mol. The number of hydrogen-bond acceptors (Lipinski definition) is 3. The van der Waals surface area contributed by atoms with Gasteiger partial charge in [-0.1, -0.05) is 188 Å². The fourth-order valence-electron chi connectivity index (χ4n) is 8.87. The van der Waals surface area contributed by atoms with Crippen LogP contribution in [-0.4, -0.2) is 19.6 Å². The van der Waals surface area contributed by atoms with Crippen LogP contribution in [0.5, 0.6) is 5.75 Å². The summed E-state index contributed by atoms with van der Waals surface area (Å²) in [6.07, 6.45) is 1.86. The fourth-order valence-corrected chi connectivity index (χ4v) is 8.87. The molecule has 0 atom stereocenters. The van der Waals surface area contributed by atoms with Gasteiger partial charge in [0.2, 0.25) is 0 Å². The van der Waals surface area contributed by atoms with Crippen LogP contribution in [0.2, 0.25) is 0 Å². The van der Waals surface area contributed by atoms with Crippen molar-refractivity contribution in [1.29, 1.82) is 0 Å². The number of fused-ring (bicyclic) bond motifs is 1. The Kier molecular flexibility index (Phi) is 11.6. The summed E-state index contributed by atoms with van der Waals surface area (Å²) in [5.74, 6) is 0.607. The number of rotatable bonds is 7. The normalized spacial score (nSPS) is 12.9. The van der Waals surface area contributed by atoms with Crippen molar-refractivity contribution in [1.82, 2.24) is 14.5 Å². The summed E-state index contributed by atoms with van der Waals surface area (Å²) >= 11 is 0. The van der Waals surface area contributed by atoms with Crippen molar-refractivity contribution in [3.05, 3.63) is 192 Å². The zero-order valence-corrected chi connectivity index (χ0v) is 42.4. The number of pyridine rings is 1. The van der Waals surface area contributed by atoms with Gasteiger partial charge in [-0.2, -0.15) is 0 Å². The maximum atomic E-state index is 12.4. The van der Waals surface area contributed by atoms with Crippen LogP contribution in [0.25, 0.3) is 83.9 Å². The second-order valence-corrected chi connectivity index (χ2v) is 20.7. The van der Waals surface area contributed by atoms with Crippen LogP contribution in [0.3, 0.4) is 0 Å². The molecule has 0 saturated heterocycles. The standard InChI is InChI=1S/C62H60N3O.Pt/c1-39-23-25-41(26-24-39)44-31-32-63-54(37-44)46-34-45(35-48(36-46)61(6,7)8)49-19-16-22-55-57(49)64-59(50-20-15-21-53(58(50)66)62(9,10)11)65(55)56-33-40(2)51(38-52(56)42-17-13-12-14-18-42)43-27-29-47(30-28-43)60(3,4)5;/h12-33,35-38,66H,1-11H3;/q-1;/i2D3;. The largest absolute Gasteiger partial charge is 0.507 e. The van der Waals surface area contributed by atoms with Crippen LogP contribution in [0.15, 0.2) is 158 Å². The molecule has 0 bridgehead atoms. The van der Waals surface area contributed by atoms with Gasteiger partial charge in [-0.05, 0) is 105 Å². The molecular weight excluding hydrogens is 998 g/mol. The van der Waals surface area contributed by atoms with Crippen LogP contribution in [-0.2, 0) is 37.3 Å². The summed E-state index contributed by atoms with van der Waals surface area (Å²) in [6, 6.07) is 55.0. The minimum absolute atomic E-state index is 0. The van der Waals surface area contributed by atoms with Gasteiger partial charge in [0, 0.05) is 42.6 Å². The first-order chi connectivity index (χ1) is 32.6. The Balaban J connectivity index is 0.00000659. The third-order valence-electron chi connectivity index (χ3n) is 12.7. The molecule has 0 fully saturated rings. The molecule has 0 aliphatic rings. The molecule has 9 rings (SSSR count). The van der Waals surface area contributed by atoms with E-state index in [9.17, 15) is 5.11 Å². The van der Waals surface area contributed by atoms with E-state index in [1.807, 2.05) is 89.6 Å². The van der Waals surface area contributed by atoms with E-state index in [1.165, 1.54) is 5.56 Å². The van der Waals surface area contributed by atoms with E-state index in [2.05, 4.69) is 148 Å². The second kappa shape index (κ2) is 18.0.